The highest BCUT2D eigenvalue weighted by Gasteiger charge is 1.96. The molecule has 0 unspecified atom stereocenters. The Morgan fingerprint density at radius 2 is 1.42 bits per heavy atom. The molecule has 0 atom stereocenters. The fourth-order valence-electron chi connectivity index (χ4n) is 2.98. The summed E-state index contributed by atoms with van der Waals surface area (Å²) in [4.78, 5) is 8.66. The van der Waals surface area contributed by atoms with Crippen molar-refractivity contribution >= 4 is 11.9 Å². The van der Waals surface area contributed by atoms with Crippen LogP contribution in [0, 0.1) is 0 Å². The Labute approximate surface area is 157 Å². The van der Waals surface area contributed by atoms with Crippen LogP contribution < -0.4 is 4.89 Å². The molecule has 2 aromatic carbocycles. The zero-order valence-electron chi connectivity index (χ0n) is 15.9. The Morgan fingerprint density at radius 1 is 0.808 bits per heavy atom. The van der Waals surface area contributed by atoms with Crippen LogP contribution in [0.4, 0.5) is 5.69 Å². The van der Waals surface area contributed by atoms with Crippen LogP contribution in [-0.4, -0.2) is 11.5 Å². The smallest absolute Gasteiger partial charge is 0.165 e. The van der Waals surface area contributed by atoms with E-state index in [1.165, 1.54) is 56.9 Å². The maximum absolute atomic E-state index is 8.56. The third-order valence-electron chi connectivity index (χ3n) is 4.60. The van der Waals surface area contributed by atoms with Crippen LogP contribution in [0.3, 0.4) is 0 Å². The van der Waals surface area contributed by atoms with Gasteiger partial charge in [0.2, 0.25) is 0 Å². The minimum Gasteiger partial charge on any atom is -0.340 e. The largest absolute Gasteiger partial charge is 0.340 e. The summed E-state index contributed by atoms with van der Waals surface area (Å²) in [6, 6.07) is 15.6. The lowest BCUT2D eigenvalue weighted by Crippen LogP contribution is -1.86. The van der Waals surface area contributed by atoms with E-state index in [4.69, 9.17) is 5.26 Å². The Bertz CT molecular complexity index is 632. The summed E-state index contributed by atoms with van der Waals surface area (Å²) in [6.45, 7) is 2.27. The van der Waals surface area contributed by atoms with E-state index in [1.807, 2.05) is 18.3 Å². The molecule has 0 amide bonds. The normalized spacial score (nSPS) is 11.2. The van der Waals surface area contributed by atoms with Gasteiger partial charge in [0.05, 0.1) is 5.69 Å². The molecule has 1 N–H and O–H groups in total. The number of nitrogens with zero attached hydrogens (tertiary/aromatic N) is 1. The number of aliphatic imine (C=N–C) groups is 1. The Balaban J connectivity index is 1.68. The van der Waals surface area contributed by atoms with Crippen LogP contribution in [0.15, 0.2) is 53.5 Å². The van der Waals surface area contributed by atoms with E-state index in [9.17, 15) is 0 Å². The minimum absolute atomic E-state index is 0.424. The highest BCUT2D eigenvalue weighted by Crippen LogP contribution is 2.17. The highest BCUT2D eigenvalue weighted by molar-refractivity contribution is 5.82. The van der Waals surface area contributed by atoms with Gasteiger partial charge in [0.1, 0.15) is 0 Å². The minimum atomic E-state index is 0.424. The standard InChI is InChI=1S/C23H31NO2/c1-2-3-4-5-6-7-8-9-10-20-11-15-22(16-12-20)24-19-21-13-17-23(26-25)18-14-21/h11-19,25H,2-10H2,1H3. The highest BCUT2D eigenvalue weighted by atomic mass is 17.1. The van der Waals surface area contributed by atoms with Crippen LogP contribution in [-0.2, 0) is 6.42 Å². The van der Waals surface area contributed by atoms with Crippen LogP contribution in [0.25, 0.3) is 0 Å². The predicted molar refractivity (Wildman–Crippen MR) is 110 cm³/mol. The molecule has 0 bridgehead atoms. The fraction of sp³-hybridized carbons (Fsp3) is 0.435. The average molecular weight is 354 g/mol. The Morgan fingerprint density at radius 3 is 2.04 bits per heavy atom. The van der Waals surface area contributed by atoms with E-state index in [2.05, 4.69) is 41.1 Å². The van der Waals surface area contributed by atoms with Crippen molar-refractivity contribution in [1.29, 1.82) is 0 Å². The number of hydrogen-bond acceptors (Lipinski definition) is 3. The van der Waals surface area contributed by atoms with Crippen molar-refractivity contribution < 1.29 is 10.1 Å². The zero-order chi connectivity index (χ0) is 18.5. The maximum Gasteiger partial charge on any atom is 0.165 e. The van der Waals surface area contributed by atoms with Gasteiger partial charge in [0.25, 0.3) is 0 Å². The molecule has 2 rings (SSSR count). The first-order chi connectivity index (χ1) is 12.8. The van der Waals surface area contributed by atoms with Gasteiger partial charge in [-0.3, -0.25) is 4.99 Å². The lowest BCUT2D eigenvalue weighted by Gasteiger charge is -2.03. The van der Waals surface area contributed by atoms with Crippen molar-refractivity contribution in [1.82, 2.24) is 0 Å². The molecule has 140 valence electrons. The second kappa shape index (κ2) is 12.3. The van der Waals surface area contributed by atoms with Gasteiger partial charge >= 0.3 is 0 Å². The SMILES string of the molecule is CCCCCCCCCCc1ccc(N=Cc2ccc(OO)cc2)cc1. The lowest BCUT2D eigenvalue weighted by molar-refractivity contribution is -0.137. The molecule has 2 aromatic rings. The Kier molecular flexibility index (Phi) is 9.52. The molecule has 3 nitrogen and oxygen atoms in total. The van der Waals surface area contributed by atoms with Crippen LogP contribution in [0.1, 0.15) is 69.4 Å². The third kappa shape index (κ3) is 7.83. The Hall–Kier alpha value is -2.13. The zero-order valence-corrected chi connectivity index (χ0v) is 15.9. The van der Waals surface area contributed by atoms with Gasteiger partial charge in [0.15, 0.2) is 5.75 Å². The monoisotopic (exact) mass is 353 g/mol. The van der Waals surface area contributed by atoms with E-state index >= 15 is 0 Å². The van der Waals surface area contributed by atoms with E-state index in [1.54, 1.807) is 12.1 Å². The molecule has 0 aliphatic heterocycles. The van der Waals surface area contributed by atoms with Gasteiger partial charge in [0, 0.05) is 6.21 Å². The predicted octanol–water partition coefficient (Wildman–Crippen LogP) is 6.97. The molecule has 0 aromatic heterocycles. The summed E-state index contributed by atoms with van der Waals surface area (Å²) in [7, 11) is 0. The van der Waals surface area contributed by atoms with Gasteiger partial charge < -0.3 is 4.89 Å². The number of rotatable bonds is 12. The summed E-state index contributed by atoms with van der Waals surface area (Å²) >= 11 is 0. The van der Waals surface area contributed by atoms with Crippen molar-refractivity contribution in [2.45, 2.75) is 64.7 Å². The molecule has 0 heterocycles. The van der Waals surface area contributed by atoms with Gasteiger partial charge in [-0.15, -0.1) is 0 Å². The molecule has 0 saturated carbocycles. The quantitative estimate of drug-likeness (QED) is 0.194. The molecule has 0 radical (unpaired) electrons. The van der Waals surface area contributed by atoms with Crippen molar-refractivity contribution in [3.63, 3.8) is 0 Å². The first-order valence-electron chi connectivity index (χ1n) is 9.86. The van der Waals surface area contributed by atoms with Gasteiger partial charge in [-0.2, -0.15) is 0 Å². The molecule has 0 fully saturated rings. The van der Waals surface area contributed by atoms with Gasteiger partial charge in [-0.05, 0) is 60.4 Å². The molecule has 26 heavy (non-hydrogen) atoms. The second-order valence-corrected chi connectivity index (χ2v) is 6.81. The second-order valence-electron chi connectivity index (χ2n) is 6.81. The molecule has 0 saturated heterocycles. The number of unbranched alkanes of at least 4 members (excludes halogenated alkanes) is 7. The number of aryl methyl sites for hydroxylation is 1. The van der Waals surface area contributed by atoms with E-state index in [0.717, 1.165) is 17.7 Å². The average Bonchev–Trinajstić information content (AvgIpc) is 2.69. The van der Waals surface area contributed by atoms with E-state index in [-0.39, 0.29) is 0 Å². The van der Waals surface area contributed by atoms with Gasteiger partial charge in [-0.1, -0.05) is 64.0 Å². The number of benzene rings is 2. The molecule has 0 aliphatic carbocycles. The van der Waals surface area contributed by atoms with Crippen molar-refractivity contribution in [2.24, 2.45) is 4.99 Å². The summed E-state index contributed by atoms with van der Waals surface area (Å²) in [5, 5.41) is 8.56. The van der Waals surface area contributed by atoms with E-state index in [0.29, 0.717) is 5.75 Å². The van der Waals surface area contributed by atoms with Crippen molar-refractivity contribution in [2.75, 3.05) is 0 Å². The van der Waals surface area contributed by atoms with Crippen molar-refractivity contribution in [3.05, 3.63) is 59.7 Å². The van der Waals surface area contributed by atoms with Crippen molar-refractivity contribution in [3.8, 4) is 5.75 Å². The maximum atomic E-state index is 8.56. The summed E-state index contributed by atoms with van der Waals surface area (Å²) < 4.78 is 0. The molecule has 0 aliphatic rings. The van der Waals surface area contributed by atoms with Crippen LogP contribution in [0.5, 0.6) is 5.75 Å². The molecule has 3 heteroatoms. The first-order valence-corrected chi connectivity index (χ1v) is 9.86. The third-order valence-corrected chi connectivity index (χ3v) is 4.60. The fourth-order valence-corrected chi connectivity index (χ4v) is 2.98. The number of hydrogen-bond donors (Lipinski definition) is 1. The summed E-state index contributed by atoms with van der Waals surface area (Å²) in [5.74, 6) is 0.424. The van der Waals surface area contributed by atoms with Crippen LogP contribution >= 0.6 is 0 Å². The van der Waals surface area contributed by atoms with Crippen LogP contribution in [0.2, 0.25) is 0 Å². The molecule has 0 spiro atoms. The lowest BCUT2D eigenvalue weighted by atomic mass is 10.0. The summed E-state index contributed by atoms with van der Waals surface area (Å²) in [5.41, 5.74) is 3.31. The van der Waals surface area contributed by atoms with Gasteiger partial charge in [-0.25, -0.2) is 5.26 Å². The van der Waals surface area contributed by atoms with E-state index < -0.39 is 0 Å². The molecular formula is C23H31NO2. The first kappa shape index (κ1) is 20.2. The molecular weight excluding hydrogens is 322 g/mol. The summed E-state index contributed by atoms with van der Waals surface area (Å²) in [6.07, 6.45) is 13.8. The topological polar surface area (TPSA) is 41.8 Å².